The zero-order valence-corrected chi connectivity index (χ0v) is 28.7. The lowest BCUT2D eigenvalue weighted by Crippen LogP contribution is -2.30. The highest BCUT2D eigenvalue weighted by Crippen LogP contribution is 2.28. The average Bonchev–Trinajstić information content (AvgIpc) is 3.55. The second kappa shape index (κ2) is 17.3. The molecule has 5 rings (SSSR count). The van der Waals surface area contributed by atoms with Gasteiger partial charge in [0.25, 0.3) is 11.8 Å². The molecule has 3 N–H and O–H groups in total. The van der Waals surface area contributed by atoms with Crippen molar-refractivity contribution in [3.8, 4) is 5.75 Å². The van der Waals surface area contributed by atoms with Crippen LogP contribution in [0.15, 0.2) is 125 Å². The first kappa shape index (κ1) is 34.4. The summed E-state index contributed by atoms with van der Waals surface area (Å²) >= 11 is 4.00. The van der Waals surface area contributed by atoms with Gasteiger partial charge >= 0.3 is 0 Å². The predicted octanol–water partition coefficient (Wildman–Crippen LogP) is 7.76. The largest absolute Gasteiger partial charge is 0.489 e. The number of ether oxygens (including phenoxy) is 1. The summed E-state index contributed by atoms with van der Waals surface area (Å²) in [6, 6.07) is 33.0. The van der Waals surface area contributed by atoms with Crippen LogP contribution in [0.4, 0.5) is 10.8 Å². The van der Waals surface area contributed by atoms with Crippen molar-refractivity contribution in [1.82, 2.24) is 14.7 Å². The first-order chi connectivity index (χ1) is 23.4. The van der Waals surface area contributed by atoms with Gasteiger partial charge in [0.15, 0.2) is 0 Å². The third-order valence-corrected chi connectivity index (χ3v) is 9.22. The predicted molar refractivity (Wildman–Crippen MR) is 194 cm³/mol. The molecule has 1 atom stereocenters. The average molecular weight is 696 g/mol. The molecule has 0 spiro atoms. The second-order valence-electron chi connectivity index (χ2n) is 10.3. The summed E-state index contributed by atoms with van der Waals surface area (Å²) in [7, 11) is 0. The number of carbonyl (C=O) groups excluding carboxylic acids is 3. The van der Waals surface area contributed by atoms with E-state index < -0.39 is 17.1 Å². The fourth-order valence-corrected chi connectivity index (χ4v) is 6.47. The third-order valence-electron chi connectivity index (χ3n) is 6.65. The topological polar surface area (TPSA) is 122 Å². The van der Waals surface area contributed by atoms with Crippen LogP contribution < -0.4 is 20.7 Å². The normalized spacial score (nSPS) is 11.8. The molecule has 0 fully saturated rings. The Bertz CT molecular complexity index is 1870. The Morgan fingerprint density at radius 2 is 1.62 bits per heavy atom. The van der Waals surface area contributed by atoms with Gasteiger partial charge in [-0.25, -0.2) is 0 Å². The Balaban J connectivity index is 1.27. The lowest BCUT2D eigenvalue weighted by atomic mass is 10.1. The molecule has 0 saturated carbocycles. The van der Waals surface area contributed by atoms with Gasteiger partial charge in [-0.15, -0.1) is 11.8 Å². The SMILES string of the molecule is CCSc1nsc(NC(=O)C(C)Sc2cccc(NC(=O)/C(=C/c3ccc(OCc4ccccc4)cc3)NC(=O)c3ccccc3)c2)n1. The molecular weight excluding hydrogens is 663 g/mol. The summed E-state index contributed by atoms with van der Waals surface area (Å²) in [5, 5.41) is 9.13. The summed E-state index contributed by atoms with van der Waals surface area (Å²) in [6.45, 7) is 4.24. The summed E-state index contributed by atoms with van der Waals surface area (Å²) < 4.78 is 10.1. The van der Waals surface area contributed by atoms with E-state index in [0.29, 0.717) is 39.5 Å². The lowest BCUT2D eigenvalue weighted by Gasteiger charge is -2.14. The Labute approximate surface area is 291 Å². The van der Waals surface area contributed by atoms with Gasteiger partial charge in [0.2, 0.25) is 16.2 Å². The molecule has 244 valence electrons. The molecule has 48 heavy (non-hydrogen) atoms. The molecule has 0 saturated heterocycles. The number of anilines is 2. The first-order valence-corrected chi connectivity index (χ1v) is 17.7. The van der Waals surface area contributed by atoms with Gasteiger partial charge in [0, 0.05) is 27.7 Å². The maximum absolute atomic E-state index is 13.6. The summed E-state index contributed by atoms with van der Waals surface area (Å²) in [5.41, 5.74) is 2.73. The molecule has 0 radical (unpaired) electrons. The second-order valence-corrected chi connectivity index (χ2v) is 13.7. The van der Waals surface area contributed by atoms with Crippen LogP contribution in [-0.2, 0) is 16.2 Å². The number of nitrogens with one attached hydrogen (secondary N) is 3. The van der Waals surface area contributed by atoms with E-state index in [0.717, 1.165) is 27.7 Å². The minimum atomic E-state index is -0.506. The Hall–Kier alpha value is -4.91. The van der Waals surface area contributed by atoms with Gasteiger partial charge < -0.3 is 15.4 Å². The number of rotatable bonds is 14. The summed E-state index contributed by atoms with van der Waals surface area (Å²) in [4.78, 5) is 44.6. The van der Waals surface area contributed by atoms with Gasteiger partial charge in [-0.1, -0.05) is 85.4 Å². The zero-order valence-electron chi connectivity index (χ0n) is 26.2. The van der Waals surface area contributed by atoms with Crippen LogP contribution in [0, 0.1) is 0 Å². The molecule has 0 aliphatic rings. The Kier molecular flexibility index (Phi) is 12.4. The molecule has 5 aromatic rings. The number of aromatic nitrogens is 2. The van der Waals surface area contributed by atoms with Crippen molar-refractivity contribution in [2.24, 2.45) is 0 Å². The van der Waals surface area contributed by atoms with Crippen LogP contribution in [0.3, 0.4) is 0 Å². The minimum absolute atomic E-state index is 0.0604. The van der Waals surface area contributed by atoms with Crippen molar-refractivity contribution in [2.75, 3.05) is 16.4 Å². The molecule has 9 nitrogen and oxygen atoms in total. The van der Waals surface area contributed by atoms with Gasteiger partial charge in [-0.2, -0.15) is 9.36 Å². The molecule has 1 aromatic heterocycles. The Morgan fingerprint density at radius 1 is 0.896 bits per heavy atom. The van der Waals surface area contributed by atoms with Crippen LogP contribution in [0.25, 0.3) is 6.08 Å². The van der Waals surface area contributed by atoms with E-state index in [1.807, 2.05) is 73.7 Å². The van der Waals surface area contributed by atoms with Crippen LogP contribution >= 0.6 is 35.1 Å². The van der Waals surface area contributed by atoms with Crippen molar-refractivity contribution in [1.29, 1.82) is 0 Å². The van der Waals surface area contributed by atoms with Crippen molar-refractivity contribution in [3.05, 3.63) is 132 Å². The van der Waals surface area contributed by atoms with Crippen LogP contribution in [0.2, 0.25) is 0 Å². The van der Waals surface area contributed by atoms with Crippen molar-refractivity contribution >= 4 is 69.7 Å². The number of amides is 3. The van der Waals surface area contributed by atoms with Crippen LogP contribution in [-0.4, -0.2) is 38.1 Å². The number of benzene rings is 4. The van der Waals surface area contributed by atoms with Crippen molar-refractivity contribution in [2.45, 2.75) is 35.8 Å². The van der Waals surface area contributed by atoms with Gasteiger partial charge in [-0.05, 0) is 72.3 Å². The van der Waals surface area contributed by atoms with Gasteiger partial charge in [0.05, 0.1) is 5.25 Å². The monoisotopic (exact) mass is 695 g/mol. The van der Waals surface area contributed by atoms with E-state index in [-0.39, 0.29) is 11.6 Å². The summed E-state index contributed by atoms with van der Waals surface area (Å²) in [5.74, 6) is 0.395. The maximum Gasteiger partial charge on any atom is 0.272 e. The lowest BCUT2D eigenvalue weighted by molar-refractivity contribution is -0.115. The number of nitrogens with zero attached hydrogens (tertiary/aromatic N) is 2. The van der Waals surface area contributed by atoms with E-state index in [4.69, 9.17) is 4.74 Å². The van der Waals surface area contributed by atoms with E-state index >= 15 is 0 Å². The van der Waals surface area contributed by atoms with Gasteiger partial charge in [-0.3, -0.25) is 19.7 Å². The number of thioether (sulfide) groups is 2. The highest BCUT2D eigenvalue weighted by atomic mass is 32.2. The summed E-state index contributed by atoms with van der Waals surface area (Å²) in [6.07, 6.45) is 1.61. The van der Waals surface area contributed by atoms with E-state index in [1.54, 1.807) is 55.5 Å². The molecule has 1 heterocycles. The van der Waals surface area contributed by atoms with Crippen molar-refractivity contribution in [3.63, 3.8) is 0 Å². The maximum atomic E-state index is 13.6. The smallest absolute Gasteiger partial charge is 0.272 e. The molecule has 12 heteroatoms. The van der Waals surface area contributed by atoms with Crippen LogP contribution in [0.1, 0.15) is 35.3 Å². The molecular formula is C36H33N5O4S3. The number of hydrogen-bond acceptors (Lipinski definition) is 9. The fourth-order valence-electron chi connectivity index (χ4n) is 4.27. The fraction of sp³-hybridized carbons (Fsp3) is 0.139. The first-order valence-electron chi connectivity index (χ1n) is 15.1. The van der Waals surface area contributed by atoms with Gasteiger partial charge in [0.1, 0.15) is 18.1 Å². The van der Waals surface area contributed by atoms with E-state index in [1.165, 1.54) is 23.5 Å². The molecule has 0 aliphatic carbocycles. The minimum Gasteiger partial charge on any atom is -0.489 e. The zero-order chi connectivity index (χ0) is 33.7. The number of carbonyl (C=O) groups is 3. The van der Waals surface area contributed by atoms with E-state index in [2.05, 4.69) is 25.3 Å². The van der Waals surface area contributed by atoms with Crippen molar-refractivity contribution < 1.29 is 19.1 Å². The number of hydrogen-bond donors (Lipinski definition) is 3. The molecule has 0 bridgehead atoms. The Morgan fingerprint density at radius 3 is 2.35 bits per heavy atom. The third kappa shape index (κ3) is 10.3. The van der Waals surface area contributed by atoms with Crippen LogP contribution in [0.5, 0.6) is 5.75 Å². The highest BCUT2D eigenvalue weighted by Gasteiger charge is 2.18. The van der Waals surface area contributed by atoms with E-state index in [9.17, 15) is 14.4 Å². The molecule has 3 amide bonds. The standard InChI is InChI=1S/C36H33N5O4S3/c1-3-46-36-40-35(48-41-36)39-32(42)24(2)47-30-16-10-15-28(22-30)37-34(44)31(38-33(43)27-13-8-5-9-14-27)21-25-17-19-29(20-18-25)45-23-26-11-6-4-7-12-26/h4-22,24H,3,23H2,1-2H3,(H,37,44)(H,38,43)(H,39,40,41,42)/b31-21-. The molecule has 4 aromatic carbocycles. The molecule has 0 aliphatic heterocycles. The quantitative estimate of drug-likeness (QED) is 0.0796. The molecule has 1 unspecified atom stereocenters. The highest BCUT2D eigenvalue weighted by molar-refractivity contribution is 8.00.